The molecule has 2 rings (SSSR count). The van der Waals surface area contributed by atoms with Gasteiger partial charge in [-0.15, -0.1) is 0 Å². The van der Waals surface area contributed by atoms with Crippen molar-refractivity contribution in [1.29, 1.82) is 0 Å². The maximum absolute atomic E-state index is 13.4. The lowest BCUT2D eigenvalue weighted by Crippen LogP contribution is -2.47. The molecule has 1 fully saturated rings. The number of sulfone groups is 1. The van der Waals surface area contributed by atoms with E-state index in [1.54, 1.807) is 0 Å². The van der Waals surface area contributed by atoms with Gasteiger partial charge < -0.3 is 10.6 Å². The number of halogens is 1. The van der Waals surface area contributed by atoms with Crippen LogP contribution in [0.1, 0.15) is 12.5 Å². The second-order valence-corrected chi connectivity index (χ2v) is 6.91. The minimum absolute atomic E-state index is 0.113. The summed E-state index contributed by atoms with van der Waals surface area (Å²) in [6.07, 6.45) is 0. The third-order valence-electron chi connectivity index (χ3n) is 3.18. The SMILES string of the molecule is CC1CS(=O)(=O)CCN1c1cc(F)cc(CN)c1. The fraction of sp³-hybridized carbons (Fsp3) is 0.500. The molecule has 1 aliphatic rings. The molecule has 0 radical (unpaired) electrons. The van der Waals surface area contributed by atoms with Gasteiger partial charge in [-0.25, -0.2) is 12.8 Å². The molecule has 1 aromatic carbocycles. The molecule has 1 unspecified atom stereocenters. The summed E-state index contributed by atoms with van der Waals surface area (Å²) >= 11 is 0. The molecule has 1 aromatic rings. The van der Waals surface area contributed by atoms with Gasteiger partial charge in [0.15, 0.2) is 9.84 Å². The first kappa shape index (κ1) is 13.3. The molecule has 0 amide bonds. The second kappa shape index (κ2) is 4.85. The van der Waals surface area contributed by atoms with Gasteiger partial charge in [-0.1, -0.05) is 0 Å². The average Bonchev–Trinajstić information content (AvgIpc) is 2.26. The molecule has 1 atom stereocenters. The quantitative estimate of drug-likeness (QED) is 0.869. The molecule has 18 heavy (non-hydrogen) atoms. The highest BCUT2D eigenvalue weighted by Crippen LogP contribution is 2.24. The van der Waals surface area contributed by atoms with Crippen molar-refractivity contribution in [2.24, 2.45) is 5.73 Å². The summed E-state index contributed by atoms with van der Waals surface area (Å²) in [5.41, 5.74) is 6.93. The Bertz CT molecular complexity index is 545. The van der Waals surface area contributed by atoms with Gasteiger partial charge in [0, 0.05) is 24.8 Å². The second-order valence-electron chi connectivity index (χ2n) is 4.68. The van der Waals surface area contributed by atoms with Gasteiger partial charge in [-0.05, 0) is 30.7 Å². The van der Waals surface area contributed by atoms with Crippen molar-refractivity contribution in [2.45, 2.75) is 19.5 Å². The number of nitrogens with zero attached hydrogens (tertiary/aromatic N) is 1. The Morgan fingerprint density at radius 3 is 2.78 bits per heavy atom. The Morgan fingerprint density at radius 2 is 2.17 bits per heavy atom. The van der Waals surface area contributed by atoms with Crippen LogP contribution in [0.5, 0.6) is 0 Å². The number of hydrogen-bond donors (Lipinski definition) is 1. The van der Waals surface area contributed by atoms with Crippen LogP contribution in [0.2, 0.25) is 0 Å². The van der Waals surface area contributed by atoms with Crippen LogP contribution < -0.4 is 10.6 Å². The zero-order chi connectivity index (χ0) is 13.3. The zero-order valence-corrected chi connectivity index (χ0v) is 11.1. The molecule has 1 saturated heterocycles. The van der Waals surface area contributed by atoms with Crippen LogP contribution >= 0.6 is 0 Å². The van der Waals surface area contributed by atoms with Crippen LogP contribution in [-0.2, 0) is 16.4 Å². The first-order valence-corrected chi connectivity index (χ1v) is 7.70. The number of hydrogen-bond acceptors (Lipinski definition) is 4. The molecule has 0 aliphatic carbocycles. The zero-order valence-electron chi connectivity index (χ0n) is 10.3. The number of benzene rings is 1. The minimum atomic E-state index is -2.96. The maximum Gasteiger partial charge on any atom is 0.154 e. The molecular formula is C12H17FN2O2S. The Morgan fingerprint density at radius 1 is 1.44 bits per heavy atom. The predicted octanol–water partition coefficient (Wildman–Crippen LogP) is 0.908. The van der Waals surface area contributed by atoms with E-state index in [4.69, 9.17) is 5.73 Å². The van der Waals surface area contributed by atoms with Crippen LogP contribution in [0.3, 0.4) is 0 Å². The van der Waals surface area contributed by atoms with E-state index in [1.807, 2.05) is 17.9 Å². The molecule has 1 aliphatic heterocycles. The summed E-state index contributed by atoms with van der Waals surface area (Å²) in [4.78, 5) is 1.92. The molecular weight excluding hydrogens is 255 g/mol. The largest absolute Gasteiger partial charge is 0.367 e. The van der Waals surface area contributed by atoms with Gasteiger partial charge in [0.1, 0.15) is 5.82 Å². The minimum Gasteiger partial charge on any atom is -0.367 e. The summed E-state index contributed by atoms with van der Waals surface area (Å²) in [5.74, 6) is -0.110. The van der Waals surface area contributed by atoms with Crippen molar-refractivity contribution >= 4 is 15.5 Å². The van der Waals surface area contributed by atoms with Gasteiger partial charge in [-0.3, -0.25) is 0 Å². The fourth-order valence-electron chi connectivity index (χ4n) is 2.30. The molecule has 1 heterocycles. The molecule has 100 valence electrons. The van der Waals surface area contributed by atoms with Gasteiger partial charge >= 0.3 is 0 Å². The van der Waals surface area contributed by atoms with Crippen molar-refractivity contribution in [3.63, 3.8) is 0 Å². The Hall–Kier alpha value is -1.14. The van der Waals surface area contributed by atoms with Crippen LogP contribution in [0.15, 0.2) is 18.2 Å². The Balaban J connectivity index is 2.29. The fourth-order valence-corrected chi connectivity index (χ4v) is 3.86. The summed E-state index contributed by atoms with van der Waals surface area (Å²) in [7, 11) is -2.96. The molecule has 6 heteroatoms. The summed E-state index contributed by atoms with van der Waals surface area (Å²) in [6.45, 7) is 2.51. The summed E-state index contributed by atoms with van der Waals surface area (Å²) in [5, 5.41) is 0. The molecule has 2 N–H and O–H groups in total. The highest BCUT2D eigenvalue weighted by molar-refractivity contribution is 7.91. The lowest BCUT2D eigenvalue weighted by molar-refractivity contribution is 0.567. The maximum atomic E-state index is 13.4. The van der Waals surface area contributed by atoms with E-state index < -0.39 is 9.84 Å². The van der Waals surface area contributed by atoms with E-state index in [-0.39, 0.29) is 29.9 Å². The van der Waals surface area contributed by atoms with Crippen molar-refractivity contribution in [2.75, 3.05) is 23.0 Å². The van der Waals surface area contributed by atoms with E-state index in [0.717, 1.165) is 0 Å². The normalized spacial score (nSPS) is 23.1. The Labute approximate surface area is 107 Å². The topological polar surface area (TPSA) is 63.4 Å². The Kier molecular flexibility index (Phi) is 3.59. The first-order valence-electron chi connectivity index (χ1n) is 5.88. The third kappa shape index (κ3) is 2.81. The summed E-state index contributed by atoms with van der Waals surface area (Å²) < 4.78 is 36.5. The molecule has 0 aromatic heterocycles. The van der Waals surface area contributed by atoms with E-state index in [0.29, 0.717) is 17.8 Å². The lowest BCUT2D eigenvalue weighted by Gasteiger charge is -2.35. The van der Waals surface area contributed by atoms with E-state index in [2.05, 4.69) is 0 Å². The molecule has 0 spiro atoms. The van der Waals surface area contributed by atoms with Gasteiger partial charge in [0.2, 0.25) is 0 Å². The van der Waals surface area contributed by atoms with Crippen molar-refractivity contribution < 1.29 is 12.8 Å². The monoisotopic (exact) mass is 272 g/mol. The van der Waals surface area contributed by atoms with E-state index in [1.165, 1.54) is 12.1 Å². The standard InChI is InChI=1S/C12H17FN2O2S/c1-9-8-18(16,17)3-2-15(9)12-5-10(7-14)4-11(13)6-12/h4-6,9H,2-3,7-8,14H2,1H3. The van der Waals surface area contributed by atoms with Gasteiger partial charge in [-0.2, -0.15) is 0 Å². The van der Waals surface area contributed by atoms with Crippen molar-refractivity contribution in [1.82, 2.24) is 0 Å². The molecule has 4 nitrogen and oxygen atoms in total. The van der Waals surface area contributed by atoms with E-state index in [9.17, 15) is 12.8 Å². The lowest BCUT2D eigenvalue weighted by atomic mass is 10.1. The van der Waals surface area contributed by atoms with Crippen molar-refractivity contribution in [3.8, 4) is 0 Å². The number of anilines is 1. The molecule has 0 saturated carbocycles. The van der Waals surface area contributed by atoms with Gasteiger partial charge in [0.05, 0.1) is 11.5 Å². The summed E-state index contributed by atoms with van der Waals surface area (Å²) in [6, 6.07) is 4.50. The average molecular weight is 272 g/mol. The van der Waals surface area contributed by atoms with Crippen LogP contribution in [-0.4, -0.2) is 32.5 Å². The van der Waals surface area contributed by atoms with Crippen LogP contribution in [0.25, 0.3) is 0 Å². The van der Waals surface area contributed by atoms with E-state index >= 15 is 0 Å². The smallest absolute Gasteiger partial charge is 0.154 e. The highest BCUT2D eigenvalue weighted by Gasteiger charge is 2.28. The van der Waals surface area contributed by atoms with Gasteiger partial charge in [0.25, 0.3) is 0 Å². The predicted molar refractivity (Wildman–Crippen MR) is 69.8 cm³/mol. The first-order chi connectivity index (χ1) is 8.41. The van der Waals surface area contributed by atoms with Crippen molar-refractivity contribution in [3.05, 3.63) is 29.6 Å². The number of nitrogens with two attached hydrogens (primary N) is 1. The number of rotatable bonds is 2. The highest BCUT2D eigenvalue weighted by atomic mass is 32.2. The third-order valence-corrected chi connectivity index (χ3v) is 4.97. The molecule has 0 bridgehead atoms. The van der Waals surface area contributed by atoms with Crippen LogP contribution in [0, 0.1) is 5.82 Å². The van der Waals surface area contributed by atoms with Crippen LogP contribution in [0.4, 0.5) is 10.1 Å².